The van der Waals surface area contributed by atoms with Crippen molar-refractivity contribution in [2.75, 3.05) is 0 Å². The fraction of sp³-hybridized carbons (Fsp3) is 0. The van der Waals surface area contributed by atoms with Gasteiger partial charge in [0.2, 0.25) is 0 Å². The van der Waals surface area contributed by atoms with Crippen molar-refractivity contribution in [2.24, 2.45) is 0 Å². The van der Waals surface area contributed by atoms with Gasteiger partial charge in [-0.2, -0.15) is 0 Å². The van der Waals surface area contributed by atoms with Gasteiger partial charge in [0.15, 0.2) is 0 Å². The SMILES string of the molecule is C#Cc1cnc2cc(Br)ccc2c1Cl. The predicted octanol–water partition coefficient (Wildman–Crippen LogP) is 3.63. The summed E-state index contributed by atoms with van der Waals surface area (Å²) in [5.74, 6) is 2.50. The monoisotopic (exact) mass is 265 g/mol. The normalized spacial score (nSPS) is 10.1. The molecule has 0 saturated heterocycles. The molecule has 1 nitrogen and oxygen atoms in total. The zero-order valence-electron chi connectivity index (χ0n) is 7.09. The summed E-state index contributed by atoms with van der Waals surface area (Å²) in [4.78, 5) is 4.22. The van der Waals surface area contributed by atoms with Gasteiger partial charge < -0.3 is 0 Å². The molecule has 1 heterocycles. The summed E-state index contributed by atoms with van der Waals surface area (Å²) in [5, 5.41) is 1.47. The largest absolute Gasteiger partial charge is 0.255 e. The van der Waals surface area contributed by atoms with Crippen LogP contribution < -0.4 is 0 Å². The highest BCUT2D eigenvalue weighted by molar-refractivity contribution is 9.10. The van der Waals surface area contributed by atoms with E-state index in [1.807, 2.05) is 18.2 Å². The Morgan fingerprint density at radius 1 is 1.43 bits per heavy atom. The van der Waals surface area contributed by atoms with Gasteiger partial charge in [-0.15, -0.1) is 6.42 Å². The lowest BCUT2D eigenvalue weighted by Crippen LogP contribution is -1.84. The third-order valence-corrected chi connectivity index (χ3v) is 2.82. The summed E-state index contributed by atoms with van der Waals surface area (Å²) in [6.07, 6.45) is 6.90. The molecule has 0 bridgehead atoms. The van der Waals surface area contributed by atoms with Gasteiger partial charge in [0.25, 0.3) is 0 Å². The van der Waals surface area contributed by atoms with Crippen LogP contribution in [0.4, 0.5) is 0 Å². The fourth-order valence-electron chi connectivity index (χ4n) is 1.23. The second-order valence-electron chi connectivity index (χ2n) is 2.79. The fourth-order valence-corrected chi connectivity index (χ4v) is 1.85. The molecule has 1 aromatic carbocycles. The van der Waals surface area contributed by atoms with Crippen molar-refractivity contribution in [1.82, 2.24) is 4.98 Å². The molecule has 0 radical (unpaired) electrons. The number of hydrogen-bond acceptors (Lipinski definition) is 1. The average Bonchev–Trinajstić information content (AvgIpc) is 2.18. The summed E-state index contributed by atoms with van der Waals surface area (Å²) in [5.41, 5.74) is 1.46. The van der Waals surface area contributed by atoms with E-state index in [1.165, 1.54) is 0 Å². The van der Waals surface area contributed by atoms with E-state index in [0.29, 0.717) is 10.6 Å². The molecule has 0 spiro atoms. The minimum Gasteiger partial charge on any atom is -0.255 e. The number of benzene rings is 1. The van der Waals surface area contributed by atoms with Gasteiger partial charge in [-0.05, 0) is 12.1 Å². The van der Waals surface area contributed by atoms with E-state index in [4.69, 9.17) is 18.0 Å². The first-order chi connectivity index (χ1) is 6.72. The molecule has 68 valence electrons. The van der Waals surface area contributed by atoms with Crippen LogP contribution in [0.2, 0.25) is 5.02 Å². The van der Waals surface area contributed by atoms with Gasteiger partial charge in [0, 0.05) is 16.1 Å². The average molecular weight is 267 g/mol. The van der Waals surface area contributed by atoms with Crippen LogP contribution in [0.25, 0.3) is 10.9 Å². The maximum Gasteiger partial charge on any atom is 0.0729 e. The maximum atomic E-state index is 6.10. The van der Waals surface area contributed by atoms with Crippen LogP contribution in [0.1, 0.15) is 5.56 Å². The van der Waals surface area contributed by atoms with Crippen LogP contribution in [0.3, 0.4) is 0 Å². The zero-order valence-corrected chi connectivity index (χ0v) is 9.43. The predicted molar refractivity (Wildman–Crippen MR) is 62.4 cm³/mol. The second-order valence-corrected chi connectivity index (χ2v) is 4.09. The Kier molecular flexibility index (Phi) is 2.45. The maximum absolute atomic E-state index is 6.10. The van der Waals surface area contributed by atoms with Crippen LogP contribution in [0.15, 0.2) is 28.9 Å². The van der Waals surface area contributed by atoms with Crippen molar-refractivity contribution in [1.29, 1.82) is 0 Å². The van der Waals surface area contributed by atoms with Crippen molar-refractivity contribution in [3.8, 4) is 12.3 Å². The Bertz CT molecular complexity index is 543. The van der Waals surface area contributed by atoms with Crippen LogP contribution >= 0.6 is 27.5 Å². The minimum atomic E-state index is 0.588. The van der Waals surface area contributed by atoms with E-state index in [2.05, 4.69) is 26.8 Å². The summed E-state index contributed by atoms with van der Waals surface area (Å²) in [6, 6.07) is 5.72. The molecule has 14 heavy (non-hydrogen) atoms. The number of aromatic nitrogens is 1. The summed E-state index contributed by atoms with van der Waals surface area (Å²) >= 11 is 9.47. The Balaban J connectivity index is 2.85. The quantitative estimate of drug-likeness (QED) is 0.664. The van der Waals surface area contributed by atoms with Gasteiger partial charge >= 0.3 is 0 Å². The first kappa shape index (κ1) is 9.51. The van der Waals surface area contributed by atoms with Crippen LogP contribution in [0, 0.1) is 12.3 Å². The minimum absolute atomic E-state index is 0.588. The summed E-state index contributed by atoms with van der Waals surface area (Å²) in [7, 11) is 0. The molecule has 1 aromatic heterocycles. The van der Waals surface area contributed by atoms with Crippen LogP contribution in [-0.2, 0) is 0 Å². The molecule has 0 aliphatic rings. The molecule has 0 aliphatic heterocycles. The van der Waals surface area contributed by atoms with Crippen molar-refractivity contribution in [3.05, 3.63) is 39.5 Å². The zero-order chi connectivity index (χ0) is 10.1. The van der Waals surface area contributed by atoms with Gasteiger partial charge in [0.05, 0.1) is 16.1 Å². The smallest absolute Gasteiger partial charge is 0.0729 e. The van der Waals surface area contributed by atoms with E-state index in [-0.39, 0.29) is 0 Å². The van der Waals surface area contributed by atoms with Crippen molar-refractivity contribution in [2.45, 2.75) is 0 Å². The lowest BCUT2D eigenvalue weighted by molar-refractivity contribution is 1.39. The molecule has 0 atom stereocenters. The molecule has 0 aliphatic carbocycles. The topological polar surface area (TPSA) is 12.9 Å². The van der Waals surface area contributed by atoms with E-state index in [1.54, 1.807) is 6.20 Å². The third-order valence-electron chi connectivity index (χ3n) is 1.92. The van der Waals surface area contributed by atoms with Gasteiger partial charge in [-0.3, -0.25) is 4.98 Å². The highest BCUT2D eigenvalue weighted by atomic mass is 79.9. The molecule has 0 amide bonds. The molecule has 0 unspecified atom stereocenters. The van der Waals surface area contributed by atoms with Crippen molar-refractivity contribution >= 4 is 38.4 Å². The number of nitrogens with zero attached hydrogens (tertiary/aromatic N) is 1. The molecule has 2 rings (SSSR count). The first-order valence-electron chi connectivity index (χ1n) is 3.93. The standard InChI is InChI=1S/C11H5BrClN/c1-2-7-6-14-10-5-8(12)3-4-9(10)11(7)13/h1,3-6H. The molecule has 3 heteroatoms. The first-order valence-corrected chi connectivity index (χ1v) is 5.10. The van der Waals surface area contributed by atoms with E-state index >= 15 is 0 Å². The lowest BCUT2D eigenvalue weighted by Gasteiger charge is -2.02. The van der Waals surface area contributed by atoms with Crippen molar-refractivity contribution in [3.63, 3.8) is 0 Å². The molecular formula is C11H5BrClN. The Hall–Kier alpha value is -1.04. The lowest BCUT2D eigenvalue weighted by atomic mass is 10.1. The number of pyridine rings is 1. The van der Waals surface area contributed by atoms with E-state index in [0.717, 1.165) is 15.4 Å². The Morgan fingerprint density at radius 2 is 2.21 bits per heavy atom. The number of terminal acetylenes is 1. The molecule has 0 saturated carbocycles. The van der Waals surface area contributed by atoms with Crippen LogP contribution in [0.5, 0.6) is 0 Å². The molecule has 0 fully saturated rings. The summed E-state index contributed by atoms with van der Waals surface area (Å²) < 4.78 is 0.974. The Morgan fingerprint density at radius 3 is 2.93 bits per heavy atom. The van der Waals surface area contributed by atoms with Gasteiger partial charge in [-0.1, -0.05) is 39.5 Å². The molecular weight excluding hydrogens is 261 g/mol. The van der Waals surface area contributed by atoms with Gasteiger partial charge in [-0.25, -0.2) is 0 Å². The molecule has 0 N–H and O–H groups in total. The van der Waals surface area contributed by atoms with Crippen molar-refractivity contribution < 1.29 is 0 Å². The Labute approximate surface area is 95.2 Å². The number of fused-ring (bicyclic) bond motifs is 1. The number of halogens is 2. The molecule has 2 aromatic rings. The van der Waals surface area contributed by atoms with Crippen LogP contribution in [-0.4, -0.2) is 4.98 Å². The van der Waals surface area contributed by atoms with E-state index < -0.39 is 0 Å². The third kappa shape index (κ3) is 1.50. The second kappa shape index (κ2) is 3.61. The summed E-state index contributed by atoms with van der Waals surface area (Å²) in [6.45, 7) is 0. The number of hydrogen-bond donors (Lipinski definition) is 0. The van der Waals surface area contributed by atoms with Gasteiger partial charge in [0.1, 0.15) is 0 Å². The highest BCUT2D eigenvalue weighted by Gasteiger charge is 2.04. The van der Waals surface area contributed by atoms with E-state index in [9.17, 15) is 0 Å². The highest BCUT2D eigenvalue weighted by Crippen LogP contribution is 2.27. The number of rotatable bonds is 0.